The van der Waals surface area contributed by atoms with Crippen LogP contribution in [0.15, 0.2) is 48.5 Å². The van der Waals surface area contributed by atoms with Gasteiger partial charge in [-0.05, 0) is 48.6 Å². The minimum atomic E-state index is -0.137. The van der Waals surface area contributed by atoms with Crippen LogP contribution in [0.4, 0.5) is 0 Å². The molecule has 4 nitrogen and oxygen atoms in total. The van der Waals surface area contributed by atoms with Gasteiger partial charge in [-0.2, -0.15) is 5.26 Å². The molecule has 110 valence electrons. The molecule has 0 spiro atoms. The van der Waals surface area contributed by atoms with Gasteiger partial charge in [0.05, 0.1) is 25.9 Å². The Labute approximate surface area is 129 Å². The number of carbonyl (C=O) groups excluding carboxylic acids is 1. The van der Waals surface area contributed by atoms with E-state index in [1.165, 1.54) is 6.08 Å². The van der Waals surface area contributed by atoms with Crippen LogP contribution >= 0.6 is 0 Å². The molecule has 0 atom stereocenters. The highest BCUT2D eigenvalue weighted by Gasteiger charge is 2.05. The SMILES string of the molecule is COc1ccc(/C=C/C(=O)c2ccc(C#N)cc2)c(OC)c1. The van der Waals surface area contributed by atoms with Crippen molar-refractivity contribution in [2.24, 2.45) is 0 Å². The third-order valence-electron chi connectivity index (χ3n) is 3.15. The molecule has 0 unspecified atom stereocenters. The van der Waals surface area contributed by atoms with Gasteiger partial charge in [-0.15, -0.1) is 0 Å². The van der Waals surface area contributed by atoms with E-state index in [1.807, 2.05) is 12.1 Å². The first-order chi connectivity index (χ1) is 10.7. The Hall–Kier alpha value is -3.06. The van der Waals surface area contributed by atoms with E-state index in [0.717, 1.165) is 5.56 Å². The lowest BCUT2D eigenvalue weighted by molar-refractivity contribution is 0.104. The first-order valence-corrected chi connectivity index (χ1v) is 6.62. The van der Waals surface area contributed by atoms with Gasteiger partial charge < -0.3 is 9.47 Å². The van der Waals surface area contributed by atoms with E-state index in [4.69, 9.17) is 14.7 Å². The lowest BCUT2D eigenvalue weighted by atomic mass is 10.1. The predicted molar refractivity (Wildman–Crippen MR) is 84.1 cm³/mol. The van der Waals surface area contributed by atoms with Gasteiger partial charge in [-0.3, -0.25) is 4.79 Å². The monoisotopic (exact) mass is 293 g/mol. The summed E-state index contributed by atoms with van der Waals surface area (Å²) in [6.07, 6.45) is 3.17. The Bertz CT molecular complexity index is 740. The van der Waals surface area contributed by atoms with Crippen LogP contribution in [0.1, 0.15) is 21.5 Å². The molecule has 0 amide bonds. The molecule has 0 aliphatic carbocycles. The average molecular weight is 293 g/mol. The van der Waals surface area contributed by atoms with Gasteiger partial charge >= 0.3 is 0 Å². The number of carbonyl (C=O) groups is 1. The van der Waals surface area contributed by atoms with Gasteiger partial charge in [0.1, 0.15) is 11.5 Å². The Morgan fingerprint density at radius 2 is 1.82 bits per heavy atom. The maximum Gasteiger partial charge on any atom is 0.185 e. The number of hydrogen-bond acceptors (Lipinski definition) is 4. The maximum absolute atomic E-state index is 12.1. The van der Waals surface area contributed by atoms with Crippen molar-refractivity contribution in [3.63, 3.8) is 0 Å². The van der Waals surface area contributed by atoms with E-state index in [1.54, 1.807) is 56.7 Å². The molecule has 0 aromatic heterocycles. The second kappa shape index (κ2) is 7.09. The first-order valence-electron chi connectivity index (χ1n) is 6.62. The summed E-state index contributed by atoms with van der Waals surface area (Å²) in [4.78, 5) is 12.1. The van der Waals surface area contributed by atoms with Crippen LogP contribution in [-0.4, -0.2) is 20.0 Å². The number of nitriles is 1. The smallest absolute Gasteiger partial charge is 0.185 e. The average Bonchev–Trinajstić information content (AvgIpc) is 2.59. The van der Waals surface area contributed by atoms with Crippen LogP contribution in [0.3, 0.4) is 0 Å². The van der Waals surface area contributed by atoms with Crippen molar-refractivity contribution in [3.05, 3.63) is 65.2 Å². The zero-order valence-corrected chi connectivity index (χ0v) is 12.4. The van der Waals surface area contributed by atoms with E-state index in [-0.39, 0.29) is 5.78 Å². The predicted octanol–water partition coefficient (Wildman–Crippen LogP) is 3.47. The summed E-state index contributed by atoms with van der Waals surface area (Å²) in [6, 6.07) is 13.9. The number of methoxy groups -OCH3 is 2. The minimum absolute atomic E-state index is 0.137. The van der Waals surface area contributed by atoms with Crippen molar-refractivity contribution in [1.82, 2.24) is 0 Å². The van der Waals surface area contributed by atoms with Crippen molar-refractivity contribution in [2.75, 3.05) is 14.2 Å². The number of rotatable bonds is 5. The first kappa shape index (κ1) is 15.3. The molecule has 0 radical (unpaired) electrons. The molecule has 0 saturated carbocycles. The number of benzene rings is 2. The summed E-state index contributed by atoms with van der Waals surface area (Å²) < 4.78 is 10.4. The number of hydrogen-bond donors (Lipinski definition) is 0. The molecule has 22 heavy (non-hydrogen) atoms. The highest BCUT2D eigenvalue weighted by Crippen LogP contribution is 2.25. The fourth-order valence-electron chi connectivity index (χ4n) is 1.93. The van der Waals surface area contributed by atoms with Crippen molar-refractivity contribution < 1.29 is 14.3 Å². The normalized spacial score (nSPS) is 10.2. The third-order valence-corrected chi connectivity index (χ3v) is 3.15. The van der Waals surface area contributed by atoms with Crippen molar-refractivity contribution in [1.29, 1.82) is 5.26 Å². The molecule has 2 rings (SSSR count). The van der Waals surface area contributed by atoms with Gasteiger partial charge in [-0.1, -0.05) is 0 Å². The lowest BCUT2D eigenvalue weighted by Crippen LogP contribution is -1.94. The summed E-state index contributed by atoms with van der Waals surface area (Å²) in [5.41, 5.74) is 1.84. The molecule has 0 N–H and O–H groups in total. The van der Waals surface area contributed by atoms with Gasteiger partial charge in [0.15, 0.2) is 5.78 Å². The van der Waals surface area contributed by atoms with E-state index in [9.17, 15) is 4.79 Å². The molecule has 0 aliphatic rings. The van der Waals surface area contributed by atoms with Crippen LogP contribution in [-0.2, 0) is 0 Å². The topological polar surface area (TPSA) is 59.3 Å². The molecule has 4 heteroatoms. The summed E-state index contributed by atoms with van der Waals surface area (Å²) in [5, 5.41) is 8.75. The fourth-order valence-corrected chi connectivity index (χ4v) is 1.93. The van der Waals surface area contributed by atoms with Crippen LogP contribution in [0.2, 0.25) is 0 Å². The number of allylic oxidation sites excluding steroid dienone is 1. The van der Waals surface area contributed by atoms with E-state index in [0.29, 0.717) is 22.6 Å². The third kappa shape index (κ3) is 3.53. The fraction of sp³-hybridized carbons (Fsp3) is 0.111. The molecular weight excluding hydrogens is 278 g/mol. The number of ketones is 1. The Morgan fingerprint density at radius 3 is 2.41 bits per heavy atom. The van der Waals surface area contributed by atoms with Crippen molar-refractivity contribution in [3.8, 4) is 17.6 Å². The second-order valence-electron chi connectivity index (χ2n) is 4.49. The molecule has 2 aromatic rings. The molecular formula is C18H15NO3. The second-order valence-corrected chi connectivity index (χ2v) is 4.49. The quantitative estimate of drug-likeness (QED) is 0.625. The number of nitrogens with zero attached hydrogens (tertiary/aromatic N) is 1. The standard InChI is InChI=1S/C18H15NO3/c1-21-16-9-7-15(18(11-16)22-2)8-10-17(20)14-5-3-13(12-19)4-6-14/h3-11H,1-2H3/b10-8+. The van der Waals surface area contributed by atoms with Crippen LogP contribution < -0.4 is 9.47 Å². The molecule has 0 heterocycles. The van der Waals surface area contributed by atoms with E-state index in [2.05, 4.69) is 0 Å². The van der Waals surface area contributed by atoms with Crippen molar-refractivity contribution in [2.45, 2.75) is 0 Å². The Kier molecular flexibility index (Phi) is 4.94. The Morgan fingerprint density at radius 1 is 1.09 bits per heavy atom. The van der Waals surface area contributed by atoms with Gasteiger partial charge in [0, 0.05) is 17.2 Å². The van der Waals surface area contributed by atoms with Crippen LogP contribution in [0, 0.1) is 11.3 Å². The van der Waals surface area contributed by atoms with Crippen LogP contribution in [0.25, 0.3) is 6.08 Å². The molecule has 0 saturated heterocycles. The molecule has 0 aliphatic heterocycles. The summed E-state index contributed by atoms with van der Waals surface area (Å²) >= 11 is 0. The van der Waals surface area contributed by atoms with Crippen LogP contribution in [0.5, 0.6) is 11.5 Å². The summed E-state index contributed by atoms with van der Waals surface area (Å²) in [5.74, 6) is 1.18. The lowest BCUT2D eigenvalue weighted by Gasteiger charge is -2.07. The molecule has 0 bridgehead atoms. The highest BCUT2D eigenvalue weighted by molar-refractivity contribution is 6.07. The highest BCUT2D eigenvalue weighted by atomic mass is 16.5. The number of ether oxygens (including phenoxy) is 2. The Balaban J connectivity index is 2.20. The van der Waals surface area contributed by atoms with Crippen molar-refractivity contribution >= 4 is 11.9 Å². The van der Waals surface area contributed by atoms with E-state index >= 15 is 0 Å². The van der Waals surface area contributed by atoms with Gasteiger partial charge in [-0.25, -0.2) is 0 Å². The van der Waals surface area contributed by atoms with Gasteiger partial charge in [0.25, 0.3) is 0 Å². The zero-order valence-electron chi connectivity index (χ0n) is 12.4. The van der Waals surface area contributed by atoms with Gasteiger partial charge in [0.2, 0.25) is 0 Å². The minimum Gasteiger partial charge on any atom is -0.497 e. The van der Waals surface area contributed by atoms with E-state index < -0.39 is 0 Å². The largest absolute Gasteiger partial charge is 0.497 e. The summed E-state index contributed by atoms with van der Waals surface area (Å²) in [6.45, 7) is 0. The molecule has 0 fully saturated rings. The molecule has 2 aromatic carbocycles. The summed E-state index contributed by atoms with van der Waals surface area (Å²) in [7, 11) is 3.15. The maximum atomic E-state index is 12.1. The zero-order chi connectivity index (χ0) is 15.9.